The summed E-state index contributed by atoms with van der Waals surface area (Å²) in [5, 5.41) is 12.6. The van der Waals surface area contributed by atoms with Crippen LogP contribution in [0.2, 0.25) is 0 Å². The summed E-state index contributed by atoms with van der Waals surface area (Å²) in [6.45, 7) is 8.71. The molecule has 1 saturated heterocycles. The molecule has 1 aliphatic carbocycles. The van der Waals surface area contributed by atoms with Gasteiger partial charge in [0.25, 0.3) is 0 Å². The molecule has 0 aromatic heterocycles. The van der Waals surface area contributed by atoms with Gasteiger partial charge in [0.2, 0.25) is 5.91 Å². The summed E-state index contributed by atoms with van der Waals surface area (Å²) in [6.07, 6.45) is 4.30. The molecule has 0 spiro atoms. The Bertz CT molecular complexity index is 878. The highest BCUT2D eigenvalue weighted by atomic mass is 16.3. The summed E-state index contributed by atoms with van der Waals surface area (Å²) in [5.74, 6) is 0.359. The Hall–Kier alpha value is -2.33. The molecule has 160 valence electrons. The van der Waals surface area contributed by atoms with Gasteiger partial charge in [-0.3, -0.25) is 9.69 Å². The van der Waals surface area contributed by atoms with Crippen molar-refractivity contribution >= 4 is 5.91 Å². The van der Waals surface area contributed by atoms with E-state index in [0.29, 0.717) is 18.0 Å². The number of phenolic OH excluding ortho intramolecular Hbond substituents is 1. The van der Waals surface area contributed by atoms with Crippen molar-refractivity contribution in [1.29, 1.82) is 0 Å². The van der Waals surface area contributed by atoms with E-state index in [2.05, 4.69) is 43.1 Å². The summed E-state index contributed by atoms with van der Waals surface area (Å²) >= 11 is 0. The highest BCUT2D eigenvalue weighted by Gasteiger charge is 2.52. The van der Waals surface area contributed by atoms with E-state index < -0.39 is 0 Å². The van der Waals surface area contributed by atoms with E-state index in [1.165, 1.54) is 12.8 Å². The number of hydrogen-bond donors (Lipinski definition) is 2. The standard InChI is InChI=1S/C26H34N2O2/c1-25(2)15-21-16-26(3,17-25)18-28(21)23(20-7-5-4-6-8-20)24(30)27-14-13-19-9-11-22(29)12-10-19/h4-12,21,23,29H,13-18H2,1-3H3,(H,27,30). The van der Waals surface area contributed by atoms with E-state index in [1.54, 1.807) is 12.1 Å². The van der Waals surface area contributed by atoms with E-state index in [4.69, 9.17) is 0 Å². The maximum atomic E-state index is 13.4. The van der Waals surface area contributed by atoms with Gasteiger partial charge in [-0.2, -0.15) is 0 Å². The summed E-state index contributed by atoms with van der Waals surface area (Å²) in [5.41, 5.74) is 2.79. The molecule has 0 radical (unpaired) electrons. The van der Waals surface area contributed by atoms with Crippen molar-refractivity contribution < 1.29 is 9.90 Å². The number of fused-ring (bicyclic) bond motifs is 2. The SMILES string of the molecule is CC1(C)CC2CC(C)(CN2C(C(=O)NCCc2ccc(O)cc2)c2ccccc2)C1. The molecule has 2 aliphatic rings. The van der Waals surface area contributed by atoms with E-state index in [-0.39, 0.29) is 23.1 Å². The second-order valence-corrected chi connectivity index (χ2v) is 10.4. The number of benzene rings is 2. The lowest BCUT2D eigenvalue weighted by molar-refractivity contribution is -0.127. The van der Waals surface area contributed by atoms with Crippen LogP contribution in [0, 0.1) is 10.8 Å². The van der Waals surface area contributed by atoms with Crippen molar-refractivity contribution in [3.8, 4) is 5.75 Å². The number of aromatic hydroxyl groups is 1. The molecule has 1 aliphatic heterocycles. The first kappa shape index (κ1) is 20.9. The first-order valence-electron chi connectivity index (χ1n) is 11.1. The second-order valence-electron chi connectivity index (χ2n) is 10.4. The zero-order chi connectivity index (χ0) is 21.4. The Kier molecular flexibility index (Phi) is 5.63. The number of nitrogens with one attached hydrogen (secondary N) is 1. The van der Waals surface area contributed by atoms with Crippen LogP contribution in [0.4, 0.5) is 0 Å². The van der Waals surface area contributed by atoms with Crippen molar-refractivity contribution in [2.75, 3.05) is 13.1 Å². The quantitative estimate of drug-likeness (QED) is 0.732. The van der Waals surface area contributed by atoms with Gasteiger partial charge in [0, 0.05) is 19.1 Å². The molecular weight excluding hydrogens is 372 g/mol. The van der Waals surface area contributed by atoms with E-state index in [9.17, 15) is 9.90 Å². The average Bonchev–Trinajstić information content (AvgIpc) is 2.93. The molecule has 30 heavy (non-hydrogen) atoms. The molecule has 2 aromatic rings. The molecule has 4 nitrogen and oxygen atoms in total. The minimum absolute atomic E-state index is 0.0916. The zero-order valence-electron chi connectivity index (χ0n) is 18.4. The molecule has 3 unspecified atom stereocenters. The predicted molar refractivity (Wildman–Crippen MR) is 120 cm³/mol. The van der Waals surface area contributed by atoms with Crippen LogP contribution in [0.15, 0.2) is 54.6 Å². The largest absolute Gasteiger partial charge is 0.508 e. The summed E-state index contributed by atoms with van der Waals surface area (Å²) in [6, 6.07) is 17.6. The number of carbonyl (C=O) groups excluding carboxylic acids is 1. The fraction of sp³-hybridized carbons (Fsp3) is 0.500. The van der Waals surface area contributed by atoms with Gasteiger partial charge in [-0.15, -0.1) is 0 Å². The minimum atomic E-state index is -0.244. The Balaban J connectivity index is 1.51. The van der Waals surface area contributed by atoms with Crippen LogP contribution in [0.3, 0.4) is 0 Å². The van der Waals surface area contributed by atoms with Gasteiger partial charge in [-0.1, -0.05) is 63.2 Å². The number of phenols is 1. The molecular formula is C26H34N2O2. The van der Waals surface area contributed by atoms with Crippen LogP contribution in [0.5, 0.6) is 5.75 Å². The molecule has 1 saturated carbocycles. The Morgan fingerprint density at radius 1 is 1.10 bits per heavy atom. The molecule has 1 heterocycles. The van der Waals surface area contributed by atoms with Gasteiger partial charge in [0.1, 0.15) is 11.8 Å². The molecule has 4 rings (SSSR count). The first-order valence-corrected chi connectivity index (χ1v) is 11.1. The van der Waals surface area contributed by atoms with Gasteiger partial charge >= 0.3 is 0 Å². The summed E-state index contributed by atoms with van der Waals surface area (Å²) in [4.78, 5) is 15.9. The monoisotopic (exact) mass is 406 g/mol. The van der Waals surface area contributed by atoms with Crippen molar-refractivity contribution in [2.45, 2.75) is 58.5 Å². The third-order valence-electron chi connectivity index (χ3n) is 6.80. The van der Waals surface area contributed by atoms with Crippen molar-refractivity contribution in [2.24, 2.45) is 10.8 Å². The molecule has 3 atom stereocenters. The summed E-state index contributed by atoms with van der Waals surface area (Å²) in [7, 11) is 0. The molecule has 2 fully saturated rings. The number of hydrogen-bond acceptors (Lipinski definition) is 3. The first-order chi connectivity index (χ1) is 14.2. The Labute approximate surface area is 180 Å². The Morgan fingerprint density at radius 3 is 2.50 bits per heavy atom. The zero-order valence-corrected chi connectivity index (χ0v) is 18.4. The van der Waals surface area contributed by atoms with Gasteiger partial charge < -0.3 is 10.4 Å². The maximum Gasteiger partial charge on any atom is 0.241 e. The van der Waals surface area contributed by atoms with Crippen LogP contribution >= 0.6 is 0 Å². The average molecular weight is 407 g/mol. The van der Waals surface area contributed by atoms with Gasteiger partial charge in [-0.05, 0) is 59.8 Å². The van der Waals surface area contributed by atoms with Gasteiger partial charge in [-0.25, -0.2) is 0 Å². The number of nitrogens with zero attached hydrogens (tertiary/aromatic N) is 1. The second kappa shape index (κ2) is 8.07. The van der Waals surface area contributed by atoms with Crippen molar-refractivity contribution in [1.82, 2.24) is 10.2 Å². The number of rotatable bonds is 6. The third kappa shape index (κ3) is 4.54. The van der Waals surface area contributed by atoms with Crippen molar-refractivity contribution in [3.63, 3.8) is 0 Å². The van der Waals surface area contributed by atoms with E-state index in [0.717, 1.165) is 30.5 Å². The smallest absolute Gasteiger partial charge is 0.241 e. The lowest BCUT2D eigenvalue weighted by Crippen LogP contribution is -2.44. The number of likely N-dealkylation sites (tertiary alicyclic amines) is 1. The van der Waals surface area contributed by atoms with Crippen LogP contribution in [0.25, 0.3) is 0 Å². The van der Waals surface area contributed by atoms with Crippen LogP contribution in [-0.4, -0.2) is 35.0 Å². The lowest BCUT2D eigenvalue weighted by atomic mass is 9.65. The van der Waals surface area contributed by atoms with E-state index in [1.807, 2.05) is 30.3 Å². The third-order valence-corrected chi connectivity index (χ3v) is 6.80. The number of carbonyl (C=O) groups is 1. The molecule has 2 aromatic carbocycles. The fourth-order valence-corrected chi connectivity index (χ4v) is 6.02. The van der Waals surface area contributed by atoms with Gasteiger partial charge in [0.15, 0.2) is 0 Å². The predicted octanol–water partition coefficient (Wildman–Crippen LogP) is 4.69. The summed E-state index contributed by atoms with van der Waals surface area (Å²) < 4.78 is 0. The normalized spacial score (nSPS) is 26.3. The van der Waals surface area contributed by atoms with E-state index >= 15 is 0 Å². The minimum Gasteiger partial charge on any atom is -0.508 e. The highest BCUT2D eigenvalue weighted by molar-refractivity contribution is 5.83. The highest BCUT2D eigenvalue weighted by Crippen LogP contribution is 2.54. The van der Waals surface area contributed by atoms with Gasteiger partial charge in [0.05, 0.1) is 0 Å². The number of amides is 1. The van der Waals surface area contributed by atoms with Crippen molar-refractivity contribution in [3.05, 3.63) is 65.7 Å². The van der Waals surface area contributed by atoms with Crippen LogP contribution < -0.4 is 5.32 Å². The Morgan fingerprint density at radius 2 is 1.80 bits per heavy atom. The molecule has 1 amide bonds. The van der Waals surface area contributed by atoms with Crippen LogP contribution in [-0.2, 0) is 11.2 Å². The topological polar surface area (TPSA) is 52.6 Å². The molecule has 4 heteroatoms. The maximum absolute atomic E-state index is 13.4. The van der Waals surface area contributed by atoms with Crippen LogP contribution in [0.1, 0.15) is 57.2 Å². The lowest BCUT2D eigenvalue weighted by Gasteiger charge is -2.40. The molecule has 2 N–H and O–H groups in total. The fourth-order valence-electron chi connectivity index (χ4n) is 6.02. The molecule has 2 bridgehead atoms.